The van der Waals surface area contributed by atoms with Crippen LogP contribution < -0.4 is 5.32 Å². The fourth-order valence-electron chi connectivity index (χ4n) is 2.43. The number of nitrogens with zero attached hydrogens (tertiary/aromatic N) is 1. The Hall–Kier alpha value is -0.160. The zero-order valence-corrected chi connectivity index (χ0v) is 13.4. The van der Waals surface area contributed by atoms with Crippen LogP contribution in [0.1, 0.15) is 45.4 Å². The standard InChI is InChI=1S/C16H34N2O2/c1-2-3-4-5-6-13-19-14-9-17-8-7-10-18-11-15-20-16-12-18/h17H,2-16H2,1H3. The molecule has 1 aliphatic heterocycles. The summed E-state index contributed by atoms with van der Waals surface area (Å²) in [6, 6.07) is 0. The Kier molecular flexibility index (Phi) is 12.3. The van der Waals surface area contributed by atoms with Crippen molar-refractivity contribution >= 4 is 0 Å². The fourth-order valence-corrected chi connectivity index (χ4v) is 2.43. The molecule has 1 rings (SSSR count). The van der Waals surface area contributed by atoms with Crippen LogP contribution in [0, 0.1) is 0 Å². The highest BCUT2D eigenvalue weighted by Gasteiger charge is 2.08. The van der Waals surface area contributed by atoms with Crippen molar-refractivity contribution in [3.63, 3.8) is 0 Å². The molecule has 0 aromatic carbocycles. The number of morpholine rings is 1. The highest BCUT2D eigenvalue weighted by atomic mass is 16.5. The number of hydrogen-bond acceptors (Lipinski definition) is 4. The number of nitrogens with one attached hydrogen (secondary N) is 1. The van der Waals surface area contributed by atoms with E-state index >= 15 is 0 Å². The van der Waals surface area contributed by atoms with E-state index in [1.807, 2.05) is 0 Å². The normalized spacial score (nSPS) is 16.6. The summed E-state index contributed by atoms with van der Waals surface area (Å²) in [6.45, 7) is 11.3. The SMILES string of the molecule is CCCCCCCOCCNCCCN1CCOCC1. The first-order valence-electron chi connectivity index (χ1n) is 8.52. The van der Waals surface area contributed by atoms with Crippen LogP contribution in [0.25, 0.3) is 0 Å². The van der Waals surface area contributed by atoms with Crippen LogP contribution in [0.3, 0.4) is 0 Å². The van der Waals surface area contributed by atoms with Gasteiger partial charge in [0.1, 0.15) is 0 Å². The lowest BCUT2D eigenvalue weighted by molar-refractivity contribution is 0.0374. The van der Waals surface area contributed by atoms with Gasteiger partial charge in [-0.15, -0.1) is 0 Å². The van der Waals surface area contributed by atoms with E-state index in [2.05, 4.69) is 17.1 Å². The largest absolute Gasteiger partial charge is 0.380 e. The van der Waals surface area contributed by atoms with Gasteiger partial charge in [0, 0.05) is 26.2 Å². The highest BCUT2D eigenvalue weighted by molar-refractivity contribution is 4.62. The summed E-state index contributed by atoms with van der Waals surface area (Å²) < 4.78 is 11.0. The summed E-state index contributed by atoms with van der Waals surface area (Å²) >= 11 is 0. The molecule has 20 heavy (non-hydrogen) atoms. The van der Waals surface area contributed by atoms with Gasteiger partial charge in [-0.1, -0.05) is 32.6 Å². The van der Waals surface area contributed by atoms with Crippen molar-refractivity contribution in [2.24, 2.45) is 0 Å². The van der Waals surface area contributed by atoms with Gasteiger partial charge >= 0.3 is 0 Å². The van der Waals surface area contributed by atoms with Crippen LogP contribution in [0.15, 0.2) is 0 Å². The van der Waals surface area contributed by atoms with E-state index in [9.17, 15) is 0 Å². The Bertz CT molecular complexity index is 197. The van der Waals surface area contributed by atoms with Crippen molar-refractivity contribution in [1.29, 1.82) is 0 Å². The summed E-state index contributed by atoms with van der Waals surface area (Å²) in [7, 11) is 0. The molecule has 0 saturated carbocycles. The summed E-state index contributed by atoms with van der Waals surface area (Å²) in [5.74, 6) is 0. The third-order valence-electron chi connectivity index (χ3n) is 3.75. The van der Waals surface area contributed by atoms with Crippen molar-refractivity contribution in [3.05, 3.63) is 0 Å². The monoisotopic (exact) mass is 286 g/mol. The molecule has 0 amide bonds. The van der Waals surface area contributed by atoms with E-state index in [1.165, 1.54) is 45.1 Å². The molecule has 0 unspecified atom stereocenters. The van der Waals surface area contributed by atoms with Crippen molar-refractivity contribution in [3.8, 4) is 0 Å². The first-order chi connectivity index (χ1) is 9.93. The maximum Gasteiger partial charge on any atom is 0.0594 e. The minimum atomic E-state index is 0.853. The van der Waals surface area contributed by atoms with E-state index in [1.54, 1.807) is 0 Å². The summed E-state index contributed by atoms with van der Waals surface area (Å²) in [5, 5.41) is 3.45. The van der Waals surface area contributed by atoms with Crippen molar-refractivity contribution in [2.45, 2.75) is 45.4 Å². The molecule has 0 radical (unpaired) electrons. The topological polar surface area (TPSA) is 33.7 Å². The molecule has 4 heteroatoms. The first-order valence-corrected chi connectivity index (χ1v) is 8.52. The van der Waals surface area contributed by atoms with Crippen molar-refractivity contribution in [2.75, 3.05) is 59.2 Å². The van der Waals surface area contributed by atoms with Gasteiger partial charge in [-0.25, -0.2) is 0 Å². The van der Waals surface area contributed by atoms with Gasteiger partial charge in [0.15, 0.2) is 0 Å². The molecule has 0 aromatic heterocycles. The molecule has 120 valence electrons. The van der Waals surface area contributed by atoms with Crippen molar-refractivity contribution in [1.82, 2.24) is 10.2 Å². The van der Waals surface area contributed by atoms with E-state index in [0.717, 1.165) is 52.6 Å². The lowest BCUT2D eigenvalue weighted by Crippen LogP contribution is -2.37. The molecule has 1 fully saturated rings. The molecule has 1 heterocycles. The minimum absolute atomic E-state index is 0.853. The molecular weight excluding hydrogens is 252 g/mol. The third kappa shape index (κ3) is 10.6. The molecule has 4 nitrogen and oxygen atoms in total. The van der Waals surface area contributed by atoms with E-state index in [4.69, 9.17) is 9.47 Å². The average Bonchev–Trinajstić information content (AvgIpc) is 2.49. The lowest BCUT2D eigenvalue weighted by atomic mass is 10.2. The third-order valence-corrected chi connectivity index (χ3v) is 3.75. The number of unbranched alkanes of at least 4 members (excludes halogenated alkanes) is 4. The molecule has 0 bridgehead atoms. The van der Waals surface area contributed by atoms with Gasteiger partial charge < -0.3 is 14.8 Å². The van der Waals surface area contributed by atoms with Gasteiger partial charge in [0.25, 0.3) is 0 Å². The fraction of sp³-hybridized carbons (Fsp3) is 1.00. The summed E-state index contributed by atoms with van der Waals surface area (Å²) in [4.78, 5) is 2.48. The average molecular weight is 286 g/mol. The van der Waals surface area contributed by atoms with E-state index < -0.39 is 0 Å². The van der Waals surface area contributed by atoms with Gasteiger partial charge in [0.2, 0.25) is 0 Å². The first kappa shape index (κ1) is 17.9. The minimum Gasteiger partial charge on any atom is -0.380 e. The number of rotatable bonds is 13. The maximum absolute atomic E-state index is 5.62. The zero-order chi connectivity index (χ0) is 14.3. The summed E-state index contributed by atoms with van der Waals surface area (Å²) in [6.07, 6.45) is 7.80. The quantitative estimate of drug-likeness (QED) is 0.527. The van der Waals surface area contributed by atoms with Gasteiger partial charge in [-0.3, -0.25) is 4.90 Å². The predicted octanol–water partition coefficient (Wildman–Crippen LogP) is 2.29. The van der Waals surface area contributed by atoms with Gasteiger partial charge in [-0.2, -0.15) is 0 Å². The van der Waals surface area contributed by atoms with Crippen LogP contribution in [0.4, 0.5) is 0 Å². The molecule has 0 aliphatic carbocycles. The van der Waals surface area contributed by atoms with E-state index in [0.29, 0.717) is 0 Å². The van der Waals surface area contributed by atoms with Crippen LogP contribution >= 0.6 is 0 Å². The van der Waals surface area contributed by atoms with Crippen LogP contribution in [0.5, 0.6) is 0 Å². The number of ether oxygens (including phenoxy) is 2. The van der Waals surface area contributed by atoms with Crippen LogP contribution in [-0.2, 0) is 9.47 Å². The zero-order valence-electron chi connectivity index (χ0n) is 13.4. The maximum atomic E-state index is 5.62. The smallest absolute Gasteiger partial charge is 0.0594 e. The molecule has 0 atom stereocenters. The van der Waals surface area contributed by atoms with E-state index in [-0.39, 0.29) is 0 Å². The Labute approximate surface area is 125 Å². The molecule has 1 N–H and O–H groups in total. The Morgan fingerprint density at radius 1 is 0.950 bits per heavy atom. The molecule has 0 aromatic rings. The van der Waals surface area contributed by atoms with Gasteiger partial charge in [-0.05, 0) is 25.9 Å². The second-order valence-corrected chi connectivity index (χ2v) is 5.58. The molecule has 0 spiro atoms. The molecule has 1 aliphatic rings. The molecule has 1 saturated heterocycles. The van der Waals surface area contributed by atoms with Crippen LogP contribution in [0.2, 0.25) is 0 Å². The predicted molar refractivity (Wildman–Crippen MR) is 84.3 cm³/mol. The second-order valence-electron chi connectivity index (χ2n) is 5.58. The Balaban J connectivity index is 1.70. The summed E-state index contributed by atoms with van der Waals surface area (Å²) in [5.41, 5.74) is 0. The van der Waals surface area contributed by atoms with Crippen LogP contribution in [-0.4, -0.2) is 64.1 Å². The molecular formula is C16H34N2O2. The Morgan fingerprint density at radius 3 is 2.55 bits per heavy atom. The Morgan fingerprint density at radius 2 is 1.75 bits per heavy atom. The van der Waals surface area contributed by atoms with Gasteiger partial charge in [0.05, 0.1) is 19.8 Å². The highest BCUT2D eigenvalue weighted by Crippen LogP contribution is 2.02. The lowest BCUT2D eigenvalue weighted by Gasteiger charge is -2.26. The number of hydrogen-bond donors (Lipinski definition) is 1. The second kappa shape index (κ2) is 13.8. The van der Waals surface area contributed by atoms with Crippen molar-refractivity contribution < 1.29 is 9.47 Å².